The van der Waals surface area contributed by atoms with E-state index in [0.717, 1.165) is 0 Å². The molecule has 0 fully saturated rings. The highest BCUT2D eigenvalue weighted by atomic mass is 79.9. The third-order valence-corrected chi connectivity index (χ3v) is 3.24. The highest BCUT2D eigenvalue weighted by molar-refractivity contribution is 9.10. The molecule has 0 saturated heterocycles. The first-order valence-electron chi connectivity index (χ1n) is 4.79. The molecule has 1 heterocycles. The smallest absolute Gasteiger partial charge is 0.202 e. The maximum atomic E-state index is 11.9. The van der Waals surface area contributed by atoms with E-state index in [-0.39, 0.29) is 12.2 Å². The van der Waals surface area contributed by atoms with Gasteiger partial charge in [0.1, 0.15) is 0 Å². The molecule has 0 spiro atoms. The Morgan fingerprint density at radius 2 is 2.00 bits per heavy atom. The highest BCUT2D eigenvalue weighted by Gasteiger charge is 2.13. The molecule has 0 atom stereocenters. The predicted octanol–water partition coefficient (Wildman–Crippen LogP) is 4.77. The summed E-state index contributed by atoms with van der Waals surface area (Å²) < 4.78 is 5.70. The van der Waals surface area contributed by atoms with Crippen molar-refractivity contribution < 1.29 is 9.21 Å². The van der Waals surface area contributed by atoms with Gasteiger partial charge in [0.2, 0.25) is 5.78 Å². The van der Waals surface area contributed by atoms with Crippen LogP contribution in [0.15, 0.2) is 39.4 Å². The minimum atomic E-state index is -0.139. The average Bonchev–Trinajstić information content (AvgIpc) is 2.70. The van der Waals surface area contributed by atoms with Gasteiger partial charge in [0.05, 0.1) is 0 Å². The van der Waals surface area contributed by atoms with Crippen LogP contribution in [0.3, 0.4) is 0 Å². The zero-order valence-corrected chi connectivity index (χ0v) is 11.6. The van der Waals surface area contributed by atoms with Crippen LogP contribution in [0.25, 0.3) is 0 Å². The third-order valence-electron chi connectivity index (χ3n) is 2.21. The number of furan rings is 1. The van der Waals surface area contributed by atoms with Gasteiger partial charge in [0.15, 0.2) is 10.4 Å². The standard InChI is InChI=1S/C12H7BrCl2O2/c13-12-4-3-11(17-12)10(16)6-7-5-8(14)1-2-9(7)15/h1-5H,6H2. The van der Waals surface area contributed by atoms with Crippen molar-refractivity contribution in [1.29, 1.82) is 0 Å². The fourth-order valence-corrected chi connectivity index (χ4v) is 2.09. The normalized spacial score (nSPS) is 10.5. The van der Waals surface area contributed by atoms with Crippen molar-refractivity contribution in [3.05, 3.63) is 56.4 Å². The van der Waals surface area contributed by atoms with Crippen molar-refractivity contribution in [3.8, 4) is 0 Å². The summed E-state index contributed by atoms with van der Waals surface area (Å²) in [5.41, 5.74) is 0.691. The van der Waals surface area contributed by atoms with Gasteiger partial charge in [-0.2, -0.15) is 0 Å². The van der Waals surface area contributed by atoms with Crippen molar-refractivity contribution in [2.45, 2.75) is 6.42 Å². The van der Waals surface area contributed by atoms with E-state index in [1.165, 1.54) is 0 Å². The minimum absolute atomic E-state index is 0.139. The Hall–Kier alpha value is -0.770. The van der Waals surface area contributed by atoms with E-state index < -0.39 is 0 Å². The zero-order valence-electron chi connectivity index (χ0n) is 8.54. The quantitative estimate of drug-likeness (QED) is 0.757. The molecule has 0 aliphatic heterocycles. The number of carbonyl (C=O) groups excluding carboxylic acids is 1. The second kappa shape index (κ2) is 5.25. The van der Waals surface area contributed by atoms with Crippen LogP contribution in [-0.4, -0.2) is 5.78 Å². The molecule has 2 rings (SSSR count). The topological polar surface area (TPSA) is 30.2 Å². The Kier molecular flexibility index (Phi) is 3.92. The molecule has 2 aromatic rings. The molecule has 0 aliphatic carbocycles. The second-order valence-electron chi connectivity index (χ2n) is 3.44. The Balaban J connectivity index is 2.21. The van der Waals surface area contributed by atoms with Crippen LogP contribution in [0, 0.1) is 0 Å². The summed E-state index contributed by atoms with van der Waals surface area (Å²) in [5.74, 6) is 0.160. The number of hydrogen-bond donors (Lipinski definition) is 0. The van der Waals surface area contributed by atoms with Crippen molar-refractivity contribution in [3.63, 3.8) is 0 Å². The molecule has 0 N–H and O–H groups in total. The molecule has 0 bridgehead atoms. The van der Waals surface area contributed by atoms with E-state index in [2.05, 4.69) is 15.9 Å². The fourth-order valence-electron chi connectivity index (χ4n) is 1.40. The van der Waals surface area contributed by atoms with Crippen molar-refractivity contribution in [1.82, 2.24) is 0 Å². The number of Topliss-reactive ketones (excluding diaryl/α,β-unsaturated/α-hetero) is 1. The summed E-state index contributed by atoms with van der Waals surface area (Å²) in [7, 11) is 0. The van der Waals surface area contributed by atoms with Gasteiger partial charge in [-0.05, 0) is 51.8 Å². The van der Waals surface area contributed by atoms with Crippen LogP contribution >= 0.6 is 39.1 Å². The molecular weight excluding hydrogens is 327 g/mol. The van der Waals surface area contributed by atoms with Gasteiger partial charge >= 0.3 is 0 Å². The summed E-state index contributed by atoms with van der Waals surface area (Å²) in [5, 5.41) is 1.08. The molecule has 17 heavy (non-hydrogen) atoms. The van der Waals surface area contributed by atoms with E-state index in [9.17, 15) is 4.79 Å². The molecule has 0 saturated carbocycles. The van der Waals surface area contributed by atoms with Crippen molar-refractivity contribution in [2.75, 3.05) is 0 Å². The van der Waals surface area contributed by atoms with Crippen LogP contribution in [0.5, 0.6) is 0 Å². The van der Waals surface area contributed by atoms with Crippen molar-refractivity contribution in [2.24, 2.45) is 0 Å². The number of carbonyl (C=O) groups is 1. The fraction of sp³-hybridized carbons (Fsp3) is 0.0833. The molecule has 1 aromatic carbocycles. The highest BCUT2D eigenvalue weighted by Crippen LogP contribution is 2.23. The van der Waals surface area contributed by atoms with E-state index in [4.69, 9.17) is 27.6 Å². The lowest BCUT2D eigenvalue weighted by atomic mass is 10.1. The maximum Gasteiger partial charge on any atom is 0.202 e. The summed E-state index contributed by atoms with van der Waals surface area (Å²) in [4.78, 5) is 11.9. The number of ketones is 1. The second-order valence-corrected chi connectivity index (χ2v) is 5.06. The first-order valence-corrected chi connectivity index (χ1v) is 6.33. The van der Waals surface area contributed by atoms with Gasteiger partial charge in [-0.15, -0.1) is 0 Å². The Bertz CT molecular complexity index is 563. The first kappa shape index (κ1) is 12.7. The first-order chi connectivity index (χ1) is 8.06. The Morgan fingerprint density at radius 3 is 2.65 bits per heavy atom. The van der Waals surface area contributed by atoms with E-state index in [1.807, 2.05) is 0 Å². The monoisotopic (exact) mass is 332 g/mol. The van der Waals surface area contributed by atoms with Crippen molar-refractivity contribution >= 4 is 44.9 Å². The van der Waals surface area contributed by atoms with Crippen LogP contribution < -0.4 is 0 Å². The number of hydrogen-bond acceptors (Lipinski definition) is 2. The SMILES string of the molecule is O=C(Cc1cc(Cl)ccc1Cl)c1ccc(Br)o1. The molecule has 0 aliphatic rings. The lowest BCUT2D eigenvalue weighted by Crippen LogP contribution is -2.02. The molecule has 0 unspecified atom stereocenters. The molecule has 88 valence electrons. The van der Waals surface area contributed by atoms with E-state index in [0.29, 0.717) is 26.0 Å². The predicted molar refractivity (Wildman–Crippen MR) is 70.9 cm³/mol. The van der Waals surface area contributed by atoms with Crippen LogP contribution in [-0.2, 0) is 6.42 Å². The largest absolute Gasteiger partial charge is 0.446 e. The third kappa shape index (κ3) is 3.12. The summed E-state index contributed by atoms with van der Waals surface area (Å²) in [6.45, 7) is 0. The minimum Gasteiger partial charge on any atom is -0.446 e. The molecule has 2 nitrogen and oxygen atoms in total. The molecular formula is C12H7BrCl2O2. The summed E-state index contributed by atoms with van der Waals surface area (Å²) in [6.07, 6.45) is 0.166. The average molecular weight is 334 g/mol. The Labute approximate surface area is 117 Å². The molecule has 0 radical (unpaired) electrons. The van der Waals surface area contributed by atoms with Gasteiger partial charge < -0.3 is 4.42 Å². The van der Waals surface area contributed by atoms with Gasteiger partial charge in [-0.3, -0.25) is 4.79 Å². The van der Waals surface area contributed by atoms with Crippen LogP contribution in [0.4, 0.5) is 0 Å². The lowest BCUT2D eigenvalue weighted by molar-refractivity contribution is 0.0965. The Morgan fingerprint density at radius 1 is 1.24 bits per heavy atom. The van der Waals surface area contributed by atoms with Gasteiger partial charge in [-0.1, -0.05) is 23.2 Å². The zero-order chi connectivity index (χ0) is 12.4. The maximum absolute atomic E-state index is 11.9. The number of rotatable bonds is 3. The van der Waals surface area contributed by atoms with Gasteiger partial charge in [0.25, 0.3) is 0 Å². The lowest BCUT2D eigenvalue weighted by Gasteiger charge is -2.02. The summed E-state index contributed by atoms with van der Waals surface area (Å²) >= 11 is 15.0. The number of benzene rings is 1. The molecule has 1 aromatic heterocycles. The van der Waals surface area contributed by atoms with Gasteiger partial charge in [0, 0.05) is 16.5 Å². The number of halogens is 3. The van der Waals surface area contributed by atoms with E-state index >= 15 is 0 Å². The van der Waals surface area contributed by atoms with Crippen LogP contribution in [0.2, 0.25) is 10.0 Å². The van der Waals surface area contributed by atoms with Crippen LogP contribution in [0.1, 0.15) is 16.1 Å². The van der Waals surface area contributed by atoms with Gasteiger partial charge in [-0.25, -0.2) is 0 Å². The van der Waals surface area contributed by atoms with E-state index in [1.54, 1.807) is 30.3 Å². The molecule has 5 heteroatoms. The summed E-state index contributed by atoms with van der Waals surface area (Å²) in [6, 6.07) is 8.32. The molecule has 0 amide bonds.